The lowest BCUT2D eigenvalue weighted by Crippen LogP contribution is -2.19. The van der Waals surface area contributed by atoms with Crippen LogP contribution in [0.2, 0.25) is 0 Å². The van der Waals surface area contributed by atoms with Gasteiger partial charge in [-0.3, -0.25) is 0 Å². The highest BCUT2D eigenvalue weighted by molar-refractivity contribution is 7.26. The van der Waals surface area contributed by atoms with Gasteiger partial charge in [0, 0.05) is 50.3 Å². The molecule has 2 aromatic heterocycles. The molecule has 0 saturated heterocycles. The molecule has 0 radical (unpaired) electrons. The Morgan fingerprint density at radius 3 is 1.80 bits per heavy atom. The average molecular weight is 723 g/mol. The first kappa shape index (κ1) is 31.6. The normalized spacial score (nSPS) is 12.3. The molecule has 0 fully saturated rings. The Labute approximate surface area is 323 Å². The highest BCUT2D eigenvalue weighted by Crippen LogP contribution is 2.49. The number of benzene rings is 8. The first-order chi connectivity index (χ1) is 27.3. The highest BCUT2D eigenvalue weighted by Gasteiger charge is 2.25. The molecule has 8 aromatic carbocycles. The number of para-hydroxylation sites is 2. The molecule has 0 unspecified atom stereocenters. The summed E-state index contributed by atoms with van der Waals surface area (Å²) in [5.41, 5.74) is 16.0. The van der Waals surface area contributed by atoms with Crippen molar-refractivity contribution in [3.8, 4) is 33.4 Å². The maximum atomic E-state index is 6.51. The van der Waals surface area contributed by atoms with Crippen LogP contribution in [-0.4, -0.2) is 0 Å². The quantitative estimate of drug-likeness (QED) is 0.180. The summed E-state index contributed by atoms with van der Waals surface area (Å²) in [6.45, 7) is 0.698. The van der Waals surface area contributed by atoms with Gasteiger partial charge in [-0.1, -0.05) is 127 Å². The Morgan fingerprint density at radius 2 is 1.04 bits per heavy atom. The van der Waals surface area contributed by atoms with Crippen LogP contribution in [0, 0.1) is 0 Å². The molecular weight excluding hydrogens is 689 g/mol. The van der Waals surface area contributed by atoms with E-state index in [-0.39, 0.29) is 0 Å². The maximum absolute atomic E-state index is 6.51. The molecule has 0 atom stereocenters. The minimum absolute atomic E-state index is 0.698. The standard InChI is InChI=1S/C51H34N2OS/c1-3-16-35(17-4-1)52-33-34-15-7-8-20-39(34)40-21-9-10-22-41(40)42-23-11-12-24-43(42)44-29-27-38(32-47(44)52)53(36-18-5-2-6-19-36)37-28-30-48-46(31-37)51-50(54-48)45-25-13-14-26-49(45)55-51/h1-32H,33H2. The zero-order valence-electron chi connectivity index (χ0n) is 29.9. The van der Waals surface area contributed by atoms with E-state index in [1.165, 1.54) is 53.7 Å². The molecule has 0 N–H and O–H groups in total. The number of anilines is 5. The summed E-state index contributed by atoms with van der Waals surface area (Å²) in [5.74, 6) is 0. The van der Waals surface area contributed by atoms with Crippen molar-refractivity contribution in [1.82, 2.24) is 0 Å². The average Bonchev–Trinajstić information content (AvgIpc) is 3.80. The summed E-state index contributed by atoms with van der Waals surface area (Å²) in [6, 6.07) is 70.3. The van der Waals surface area contributed by atoms with E-state index in [1.54, 1.807) is 11.3 Å². The second-order valence-electron chi connectivity index (χ2n) is 14.1. The van der Waals surface area contributed by atoms with E-state index in [2.05, 4.69) is 204 Å². The molecule has 260 valence electrons. The van der Waals surface area contributed by atoms with Gasteiger partial charge >= 0.3 is 0 Å². The predicted octanol–water partition coefficient (Wildman–Crippen LogP) is 14.9. The van der Waals surface area contributed by atoms with Gasteiger partial charge in [-0.15, -0.1) is 11.3 Å². The lowest BCUT2D eigenvalue weighted by molar-refractivity contribution is 0.673. The molecule has 4 heteroatoms. The van der Waals surface area contributed by atoms with E-state index in [1.807, 2.05) is 0 Å². The largest absolute Gasteiger partial charge is 0.454 e. The van der Waals surface area contributed by atoms with Crippen LogP contribution >= 0.6 is 11.3 Å². The summed E-state index contributed by atoms with van der Waals surface area (Å²) in [6.07, 6.45) is 0. The van der Waals surface area contributed by atoms with Crippen molar-refractivity contribution in [2.24, 2.45) is 0 Å². The van der Waals surface area contributed by atoms with Crippen molar-refractivity contribution in [3.63, 3.8) is 0 Å². The smallest absolute Gasteiger partial charge is 0.154 e. The van der Waals surface area contributed by atoms with Crippen LogP contribution in [0.25, 0.3) is 64.7 Å². The summed E-state index contributed by atoms with van der Waals surface area (Å²) < 4.78 is 8.93. The molecule has 3 heterocycles. The Morgan fingerprint density at radius 1 is 0.455 bits per heavy atom. The molecule has 1 aliphatic rings. The number of hydrogen-bond donors (Lipinski definition) is 0. The molecule has 0 aliphatic carbocycles. The highest BCUT2D eigenvalue weighted by atomic mass is 32.1. The van der Waals surface area contributed by atoms with Gasteiger partial charge in [-0.2, -0.15) is 0 Å². The van der Waals surface area contributed by atoms with Gasteiger partial charge in [0.15, 0.2) is 5.58 Å². The fourth-order valence-corrected chi connectivity index (χ4v) is 9.54. The maximum Gasteiger partial charge on any atom is 0.154 e. The van der Waals surface area contributed by atoms with Crippen molar-refractivity contribution in [2.75, 3.05) is 9.80 Å². The van der Waals surface area contributed by atoms with Crippen LogP contribution < -0.4 is 9.80 Å². The number of thiophene rings is 1. The third-order valence-corrected chi connectivity index (χ3v) is 12.1. The lowest BCUT2D eigenvalue weighted by atomic mass is 9.86. The van der Waals surface area contributed by atoms with E-state index in [4.69, 9.17) is 4.42 Å². The van der Waals surface area contributed by atoms with Gasteiger partial charge < -0.3 is 14.2 Å². The van der Waals surface area contributed by atoms with Crippen LogP contribution in [-0.2, 0) is 6.54 Å². The molecule has 0 bridgehead atoms. The van der Waals surface area contributed by atoms with Crippen LogP contribution in [0.5, 0.6) is 0 Å². The predicted molar refractivity (Wildman–Crippen MR) is 232 cm³/mol. The third-order valence-electron chi connectivity index (χ3n) is 10.9. The summed E-state index contributed by atoms with van der Waals surface area (Å²) in [7, 11) is 0. The monoisotopic (exact) mass is 722 g/mol. The zero-order valence-corrected chi connectivity index (χ0v) is 30.7. The second kappa shape index (κ2) is 12.9. The van der Waals surface area contributed by atoms with Crippen molar-refractivity contribution >= 4 is 71.1 Å². The third kappa shape index (κ3) is 5.25. The summed E-state index contributed by atoms with van der Waals surface area (Å²) in [5, 5.41) is 2.29. The molecule has 0 spiro atoms. The van der Waals surface area contributed by atoms with Crippen molar-refractivity contribution < 1.29 is 4.42 Å². The summed E-state index contributed by atoms with van der Waals surface area (Å²) >= 11 is 1.80. The minimum atomic E-state index is 0.698. The fraction of sp³-hybridized carbons (Fsp3) is 0.0196. The molecule has 10 aromatic rings. The fourth-order valence-electron chi connectivity index (χ4n) is 8.39. The number of nitrogens with zero attached hydrogens (tertiary/aromatic N) is 2. The van der Waals surface area contributed by atoms with Gasteiger partial charge in [-0.05, 0) is 100 Å². The van der Waals surface area contributed by atoms with E-state index in [0.717, 1.165) is 45.0 Å². The Hall–Kier alpha value is -6.88. The van der Waals surface area contributed by atoms with Crippen LogP contribution in [0.15, 0.2) is 199 Å². The number of fused-ring (bicyclic) bond motifs is 12. The first-order valence-corrected chi connectivity index (χ1v) is 19.5. The molecule has 3 nitrogen and oxygen atoms in total. The van der Waals surface area contributed by atoms with Gasteiger partial charge in [-0.25, -0.2) is 0 Å². The molecule has 11 rings (SSSR count). The van der Waals surface area contributed by atoms with E-state index >= 15 is 0 Å². The topological polar surface area (TPSA) is 19.6 Å². The molecule has 55 heavy (non-hydrogen) atoms. The Kier molecular flexibility index (Phi) is 7.42. The molecule has 0 saturated carbocycles. The zero-order chi connectivity index (χ0) is 36.3. The molecule has 1 aliphatic heterocycles. The van der Waals surface area contributed by atoms with Gasteiger partial charge in [0.05, 0.1) is 10.4 Å². The minimum Gasteiger partial charge on any atom is -0.454 e. The van der Waals surface area contributed by atoms with Crippen LogP contribution in [0.4, 0.5) is 28.4 Å². The van der Waals surface area contributed by atoms with Crippen LogP contribution in [0.1, 0.15) is 5.56 Å². The first-order valence-electron chi connectivity index (χ1n) is 18.7. The Bertz CT molecular complexity index is 3030. The Balaban J connectivity index is 1.18. The van der Waals surface area contributed by atoms with Gasteiger partial charge in [0.25, 0.3) is 0 Å². The van der Waals surface area contributed by atoms with Gasteiger partial charge in [0.1, 0.15) is 5.58 Å². The number of furan rings is 1. The SMILES string of the molecule is c1ccc(N2Cc3ccccc3-c3ccccc3-c3ccccc3-c3ccc(N(c4ccccc4)c4ccc5oc6c7ccccc7sc6c5c4)cc32)cc1. The number of hydrogen-bond acceptors (Lipinski definition) is 4. The van der Waals surface area contributed by atoms with Gasteiger partial charge in [0.2, 0.25) is 0 Å². The summed E-state index contributed by atoms with van der Waals surface area (Å²) in [4.78, 5) is 4.87. The van der Waals surface area contributed by atoms with Crippen molar-refractivity contribution in [3.05, 3.63) is 200 Å². The lowest BCUT2D eigenvalue weighted by Gasteiger charge is -2.33. The molecule has 0 amide bonds. The van der Waals surface area contributed by atoms with E-state index in [0.29, 0.717) is 6.54 Å². The molecular formula is C51H34N2OS. The number of rotatable bonds is 4. The van der Waals surface area contributed by atoms with Crippen molar-refractivity contribution in [2.45, 2.75) is 6.54 Å². The van der Waals surface area contributed by atoms with E-state index < -0.39 is 0 Å². The second-order valence-corrected chi connectivity index (χ2v) is 15.1. The van der Waals surface area contributed by atoms with E-state index in [9.17, 15) is 0 Å². The van der Waals surface area contributed by atoms with Crippen LogP contribution in [0.3, 0.4) is 0 Å². The van der Waals surface area contributed by atoms with Crippen molar-refractivity contribution in [1.29, 1.82) is 0 Å².